The fraction of sp³-hybridized carbons (Fsp3) is 0.421. The van der Waals surface area contributed by atoms with E-state index in [0.717, 1.165) is 24.5 Å². The Balaban J connectivity index is 1.18. The van der Waals surface area contributed by atoms with Crippen molar-refractivity contribution in [2.75, 3.05) is 19.8 Å². The zero-order chi connectivity index (χ0) is 38.4. The molecule has 1 saturated heterocycles. The van der Waals surface area contributed by atoms with Crippen molar-refractivity contribution < 1.29 is 52.2 Å². The van der Waals surface area contributed by atoms with Crippen molar-refractivity contribution in [2.24, 2.45) is 0 Å². The van der Waals surface area contributed by atoms with Crippen molar-refractivity contribution in [2.45, 2.75) is 82.5 Å². The van der Waals surface area contributed by atoms with Crippen LogP contribution >= 0.6 is 23.2 Å². The number of unbranched alkanes of at least 4 members (excludes halogenated alkanes) is 1. The average molecular weight is 795 g/mol. The molecule has 0 spiro atoms. The highest BCUT2D eigenvalue weighted by Gasteiger charge is 2.50. The number of ether oxygens (including phenoxy) is 3. The SMILES string of the molecule is O=C(C1=C(Oc2ccc(CCCOc3c(F)ccc(F)c3F)cc2)CC2CCC1N2C(=O)OCCCCON(O)O)N(Cc1cccc(Cl)c1Cl)C1CC1. The van der Waals surface area contributed by atoms with Crippen LogP contribution in [-0.2, 0) is 27.3 Å². The number of hydrogen-bond donors (Lipinski definition) is 2. The van der Waals surface area contributed by atoms with E-state index in [2.05, 4.69) is 4.84 Å². The molecule has 2 amide bonds. The summed E-state index contributed by atoms with van der Waals surface area (Å²) in [6.45, 7) is 0.278. The molecule has 2 atom stereocenters. The third kappa shape index (κ3) is 9.60. The van der Waals surface area contributed by atoms with Gasteiger partial charge in [0.05, 0.1) is 46.9 Å². The van der Waals surface area contributed by atoms with E-state index in [1.54, 1.807) is 34.1 Å². The number of benzene rings is 3. The predicted molar refractivity (Wildman–Crippen MR) is 189 cm³/mol. The third-order valence-corrected chi connectivity index (χ3v) is 10.5. The summed E-state index contributed by atoms with van der Waals surface area (Å²) in [4.78, 5) is 36.1. The Hall–Kier alpha value is -4.05. The number of rotatable bonds is 17. The lowest BCUT2D eigenvalue weighted by Gasteiger charge is -2.38. The van der Waals surface area contributed by atoms with Crippen LogP contribution in [0.1, 0.15) is 62.5 Å². The molecule has 3 aromatic carbocycles. The van der Waals surface area contributed by atoms with Crippen LogP contribution in [0.3, 0.4) is 0 Å². The van der Waals surface area contributed by atoms with Gasteiger partial charge in [0.15, 0.2) is 17.4 Å². The summed E-state index contributed by atoms with van der Waals surface area (Å²) in [5, 5.41) is 17.8. The summed E-state index contributed by atoms with van der Waals surface area (Å²) in [7, 11) is 0. The minimum Gasteiger partial charge on any atom is -0.488 e. The molecule has 0 radical (unpaired) electrons. The summed E-state index contributed by atoms with van der Waals surface area (Å²) in [5.74, 6) is -3.59. The van der Waals surface area contributed by atoms with Crippen molar-refractivity contribution in [3.63, 3.8) is 0 Å². The molecule has 1 saturated carbocycles. The molecular weight excluding hydrogens is 754 g/mol. The van der Waals surface area contributed by atoms with E-state index in [4.69, 9.17) is 47.8 Å². The molecule has 16 heteroatoms. The molecule has 54 heavy (non-hydrogen) atoms. The lowest BCUT2D eigenvalue weighted by atomic mass is 9.97. The van der Waals surface area contributed by atoms with Crippen LogP contribution in [0.4, 0.5) is 18.0 Å². The Bertz CT molecular complexity index is 1850. The maximum Gasteiger partial charge on any atom is 0.410 e. The van der Waals surface area contributed by atoms with Gasteiger partial charge in [0, 0.05) is 25.0 Å². The Kier molecular flexibility index (Phi) is 13.3. The standard InChI is InChI=1S/C38H40Cl2F3N3O8/c39-28-7-3-6-24(34(28)40)22-44(25-10-11-25)37(47)33-31-17-12-26(45(31)38(48)52-18-1-2-20-53-46(49)50)21-32(33)54-27-13-8-23(9-14-27)5-4-19-51-36-30(42)16-15-29(41)35(36)43/h3,6-9,13-16,25-26,31,49-50H,1-2,4-5,10-12,17-22H2. The molecular formula is C38H40Cl2F3N3O8. The Morgan fingerprint density at radius 2 is 1.61 bits per heavy atom. The molecule has 290 valence electrons. The summed E-state index contributed by atoms with van der Waals surface area (Å²) in [6, 6.07) is 13.1. The smallest absolute Gasteiger partial charge is 0.410 e. The number of hydrogen-bond acceptors (Lipinski definition) is 9. The van der Waals surface area contributed by atoms with Crippen molar-refractivity contribution in [3.05, 3.63) is 105 Å². The lowest BCUT2D eigenvalue weighted by molar-refractivity contribution is -0.492. The predicted octanol–water partition coefficient (Wildman–Crippen LogP) is 8.41. The van der Waals surface area contributed by atoms with Gasteiger partial charge in [0.25, 0.3) is 5.91 Å². The number of nitrogens with zero attached hydrogens (tertiary/aromatic N) is 3. The minimum absolute atomic E-state index is 0.0175. The number of carbonyl (C=O) groups excluding carboxylic acids is 2. The second-order valence-electron chi connectivity index (χ2n) is 13.4. The highest BCUT2D eigenvalue weighted by atomic mass is 35.5. The minimum atomic E-state index is -1.37. The van der Waals surface area contributed by atoms with Gasteiger partial charge in [-0.3, -0.25) is 24.9 Å². The van der Waals surface area contributed by atoms with E-state index in [9.17, 15) is 22.8 Å². The summed E-state index contributed by atoms with van der Waals surface area (Å²) < 4.78 is 58.6. The fourth-order valence-corrected chi connectivity index (χ4v) is 7.19. The van der Waals surface area contributed by atoms with Gasteiger partial charge in [0.1, 0.15) is 11.5 Å². The molecule has 2 unspecified atom stereocenters. The quantitative estimate of drug-likeness (QED) is 0.0789. The molecule has 3 aliphatic rings. The molecule has 6 rings (SSSR count). The molecule has 2 N–H and O–H groups in total. The Morgan fingerprint density at radius 1 is 0.870 bits per heavy atom. The second kappa shape index (κ2) is 18.1. The highest BCUT2D eigenvalue weighted by Crippen LogP contribution is 2.43. The maximum atomic E-state index is 14.7. The number of fused-ring (bicyclic) bond motifs is 2. The van der Waals surface area contributed by atoms with Crippen LogP contribution in [0.25, 0.3) is 0 Å². The van der Waals surface area contributed by atoms with Gasteiger partial charge in [-0.05, 0) is 92.8 Å². The van der Waals surface area contributed by atoms with Gasteiger partial charge >= 0.3 is 6.09 Å². The van der Waals surface area contributed by atoms with Gasteiger partial charge in [-0.15, -0.1) is 0 Å². The molecule has 0 aromatic heterocycles. The molecule has 2 bridgehead atoms. The second-order valence-corrected chi connectivity index (χ2v) is 14.1. The molecule has 2 aliphatic heterocycles. The first kappa shape index (κ1) is 39.6. The molecule has 2 heterocycles. The first-order valence-electron chi connectivity index (χ1n) is 17.8. The number of aryl methyl sites for hydroxylation is 1. The van der Waals surface area contributed by atoms with E-state index in [-0.39, 0.29) is 56.2 Å². The van der Waals surface area contributed by atoms with Crippen molar-refractivity contribution >= 4 is 35.2 Å². The van der Waals surface area contributed by atoms with Gasteiger partial charge in [-0.1, -0.05) is 47.5 Å². The van der Waals surface area contributed by atoms with Crippen molar-refractivity contribution in [1.82, 2.24) is 15.2 Å². The van der Waals surface area contributed by atoms with Gasteiger partial charge in [0.2, 0.25) is 5.82 Å². The van der Waals surface area contributed by atoms with Crippen molar-refractivity contribution in [3.8, 4) is 11.5 Å². The van der Waals surface area contributed by atoms with Gasteiger partial charge in [-0.2, -0.15) is 4.39 Å². The normalized spacial score (nSPS) is 18.0. The van der Waals surface area contributed by atoms with Crippen LogP contribution in [0.2, 0.25) is 10.0 Å². The van der Waals surface area contributed by atoms with Crippen LogP contribution in [0.15, 0.2) is 65.9 Å². The number of amides is 2. The molecule has 2 fully saturated rings. The average Bonchev–Trinajstić information content (AvgIpc) is 3.94. The van der Waals surface area contributed by atoms with E-state index in [0.29, 0.717) is 77.3 Å². The van der Waals surface area contributed by atoms with Crippen LogP contribution in [-0.4, -0.2) is 75.6 Å². The van der Waals surface area contributed by atoms with E-state index in [1.165, 1.54) is 0 Å². The van der Waals surface area contributed by atoms with Crippen molar-refractivity contribution in [1.29, 1.82) is 0 Å². The zero-order valence-corrected chi connectivity index (χ0v) is 30.7. The maximum absolute atomic E-state index is 14.7. The largest absolute Gasteiger partial charge is 0.488 e. The van der Waals surface area contributed by atoms with Gasteiger partial charge in [-0.25, -0.2) is 13.6 Å². The Labute approximate surface area is 320 Å². The first-order valence-corrected chi connectivity index (χ1v) is 18.5. The Morgan fingerprint density at radius 3 is 2.35 bits per heavy atom. The first-order chi connectivity index (χ1) is 26.0. The van der Waals surface area contributed by atoms with E-state index in [1.807, 2.05) is 18.2 Å². The fourth-order valence-electron chi connectivity index (χ4n) is 6.82. The third-order valence-electron chi connectivity index (χ3n) is 9.61. The molecule has 3 aromatic rings. The summed E-state index contributed by atoms with van der Waals surface area (Å²) in [5.41, 5.74) is 1.97. The van der Waals surface area contributed by atoms with Crippen LogP contribution < -0.4 is 9.47 Å². The molecule has 1 aliphatic carbocycles. The number of carbonyl (C=O) groups is 2. The lowest BCUT2D eigenvalue weighted by Crippen LogP contribution is -2.50. The highest BCUT2D eigenvalue weighted by molar-refractivity contribution is 6.42. The monoisotopic (exact) mass is 793 g/mol. The zero-order valence-electron chi connectivity index (χ0n) is 29.2. The van der Waals surface area contributed by atoms with Gasteiger partial charge < -0.3 is 19.1 Å². The topological polar surface area (TPSA) is 121 Å². The summed E-state index contributed by atoms with van der Waals surface area (Å²) >= 11 is 12.9. The van der Waals surface area contributed by atoms with E-state index >= 15 is 0 Å². The number of halogens is 5. The van der Waals surface area contributed by atoms with E-state index < -0.39 is 35.3 Å². The molecule has 11 nitrogen and oxygen atoms in total. The van der Waals surface area contributed by atoms with Crippen LogP contribution in [0.5, 0.6) is 11.5 Å². The summed E-state index contributed by atoms with van der Waals surface area (Å²) in [6.07, 6.45) is 4.27. The van der Waals surface area contributed by atoms with Crippen LogP contribution in [0, 0.1) is 17.5 Å².